The number of ether oxygens (including phenoxy) is 1. The van der Waals surface area contributed by atoms with E-state index in [0.717, 1.165) is 38.3 Å². The summed E-state index contributed by atoms with van der Waals surface area (Å²) >= 11 is 0. The van der Waals surface area contributed by atoms with Crippen LogP contribution in [0.4, 0.5) is 0 Å². The molecule has 0 aromatic heterocycles. The van der Waals surface area contributed by atoms with E-state index in [1.807, 2.05) is 6.07 Å². The molecule has 0 atom stereocenters. The maximum absolute atomic E-state index is 5.80. The van der Waals surface area contributed by atoms with Gasteiger partial charge in [0.05, 0.1) is 6.61 Å². The third kappa shape index (κ3) is 6.31. The van der Waals surface area contributed by atoms with Gasteiger partial charge in [-0.05, 0) is 42.6 Å². The molecule has 0 aliphatic rings. The van der Waals surface area contributed by atoms with Gasteiger partial charge in [-0.1, -0.05) is 62.2 Å². The number of hydrogen-bond donors (Lipinski definition) is 1. The summed E-state index contributed by atoms with van der Waals surface area (Å²) in [6, 6.07) is 19.0. The zero-order valence-electron chi connectivity index (χ0n) is 13.6. The Bertz CT molecular complexity index is 524. The Kier molecular flexibility index (Phi) is 7.54. The third-order valence-electron chi connectivity index (χ3n) is 3.68. The van der Waals surface area contributed by atoms with Gasteiger partial charge in [-0.15, -0.1) is 0 Å². The average molecular weight is 297 g/mol. The number of hydrogen-bond acceptors (Lipinski definition) is 2. The molecule has 22 heavy (non-hydrogen) atoms. The molecule has 2 rings (SSSR count). The molecule has 0 spiro atoms. The van der Waals surface area contributed by atoms with Crippen LogP contribution in [-0.2, 0) is 13.0 Å². The predicted octanol–water partition coefficient (Wildman–Crippen LogP) is 4.59. The molecule has 0 aliphatic carbocycles. The summed E-state index contributed by atoms with van der Waals surface area (Å²) in [5, 5.41) is 3.50. The zero-order chi connectivity index (χ0) is 15.5. The second kappa shape index (κ2) is 10.0. The lowest BCUT2D eigenvalue weighted by molar-refractivity contribution is 0.306. The van der Waals surface area contributed by atoms with Crippen LogP contribution < -0.4 is 10.1 Å². The molecule has 0 bridgehead atoms. The van der Waals surface area contributed by atoms with Crippen molar-refractivity contribution in [1.29, 1.82) is 0 Å². The predicted molar refractivity (Wildman–Crippen MR) is 93.3 cm³/mol. The van der Waals surface area contributed by atoms with Crippen LogP contribution in [0.1, 0.15) is 37.3 Å². The van der Waals surface area contributed by atoms with Crippen molar-refractivity contribution in [2.75, 3.05) is 13.2 Å². The van der Waals surface area contributed by atoms with Crippen LogP contribution in [0.15, 0.2) is 54.6 Å². The maximum Gasteiger partial charge on any atom is 0.119 e. The van der Waals surface area contributed by atoms with E-state index in [-0.39, 0.29) is 0 Å². The summed E-state index contributed by atoms with van der Waals surface area (Å²) in [5.41, 5.74) is 2.66. The topological polar surface area (TPSA) is 21.3 Å². The van der Waals surface area contributed by atoms with Crippen LogP contribution in [0.2, 0.25) is 0 Å². The SMILES string of the molecule is CCCCCOc1cccc(CNCCc2ccccc2)c1. The highest BCUT2D eigenvalue weighted by atomic mass is 16.5. The molecule has 0 fully saturated rings. The number of benzene rings is 2. The molecule has 0 heterocycles. The summed E-state index contributed by atoms with van der Waals surface area (Å²) < 4.78 is 5.80. The van der Waals surface area contributed by atoms with Crippen molar-refractivity contribution in [1.82, 2.24) is 5.32 Å². The van der Waals surface area contributed by atoms with Crippen molar-refractivity contribution in [3.8, 4) is 5.75 Å². The van der Waals surface area contributed by atoms with Crippen LogP contribution in [0, 0.1) is 0 Å². The van der Waals surface area contributed by atoms with Crippen LogP contribution in [0.5, 0.6) is 5.75 Å². The minimum atomic E-state index is 0.818. The van der Waals surface area contributed by atoms with Crippen LogP contribution in [0.3, 0.4) is 0 Å². The normalized spacial score (nSPS) is 10.6. The minimum absolute atomic E-state index is 0.818. The lowest BCUT2D eigenvalue weighted by Crippen LogP contribution is -2.16. The summed E-state index contributed by atoms with van der Waals surface area (Å²) in [5.74, 6) is 0.985. The van der Waals surface area contributed by atoms with Crippen molar-refractivity contribution in [3.63, 3.8) is 0 Å². The first-order valence-electron chi connectivity index (χ1n) is 8.35. The molecule has 0 saturated carbocycles. The van der Waals surface area contributed by atoms with Gasteiger partial charge in [-0.3, -0.25) is 0 Å². The van der Waals surface area contributed by atoms with Crippen LogP contribution in [-0.4, -0.2) is 13.2 Å². The first-order valence-corrected chi connectivity index (χ1v) is 8.35. The van der Waals surface area contributed by atoms with E-state index in [1.165, 1.54) is 24.0 Å². The monoisotopic (exact) mass is 297 g/mol. The van der Waals surface area contributed by atoms with Gasteiger partial charge in [0, 0.05) is 6.54 Å². The lowest BCUT2D eigenvalue weighted by atomic mass is 10.1. The first kappa shape index (κ1) is 16.6. The Morgan fingerprint density at radius 1 is 0.909 bits per heavy atom. The lowest BCUT2D eigenvalue weighted by Gasteiger charge is -2.09. The second-order valence-electron chi connectivity index (χ2n) is 5.62. The number of unbranched alkanes of at least 4 members (excludes halogenated alkanes) is 2. The molecule has 0 aliphatic heterocycles. The van der Waals surface area contributed by atoms with E-state index in [4.69, 9.17) is 4.74 Å². The van der Waals surface area contributed by atoms with E-state index in [2.05, 4.69) is 60.8 Å². The van der Waals surface area contributed by atoms with Gasteiger partial charge in [-0.25, -0.2) is 0 Å². The highest BCUT2D eigenvalue weighted by molar-refractivity contribution is 5.28. The zero-order valence-corrected chi connectivity index (χ0v) is 13.6. The Balaban J connectivity index is 1.69. The maximum atomic E-state index is 5.80. The van der Waals surface area contributed by atoms with Gasteiger partial charge in [0.15, 0.2) is 0 Å². The molecule has 0 unspecified atom stereocenters. The Morgan fingerprint density at radius 2 is 1.73 bits per heavy atom. The Morgan fingerprint density at radius 3 is 2.55 bits per heavy atom. The highest BCUT2D eigenvalue weighted by Crippen LogP contribution is 2.14. The fraction of sp³-hybridized carbons (Fsp3) is 0.400. The molecule has 0 amide bonds. The molecular weight excluding hydrogens is 270 g/mol. The van der Waals surface area contributed by atoms with E-state index < -0.39 is 0 Å². The van der Waals surface area contributed by atoms with Gasteiger partial charge in [0.2, 0.25) is 0 Å². The first-order chi connectivity index (χ1) is 10.9. The number of rotatable bonds is 10. The minimum Gasteiger partial charge on any atom is -0.494 e. The van der Waals surface area contributed by atoms with Crippen LogP contribution in [0.25, 0.3) is 0 Å². The molecule has 0 radical (unpaired) electrons. The Labute approximate surface area is 134 Å². The molecule has 2 nitrogen and oxygen atoms in total. The van der Waals surface area contributed by atoms with E-state index in [0.29, 0.717) is 0 Å². The highest BCUT2D eigenvalue weighted by Gasteiger charge is 1.98. The third-order valence-corrected chi connectivity index (χ3v) is 3.68. The van der Waals surface area contributed by atoms with Crippen molar-refractivity contribution in [3.05, 3.63) is 65.7 Å². The van der Waals surface area contributed by atoms with E-state index in [1.54, 1.807) is 0 Å². The van der Waals surface area contributed by atoms with Crippen molar-refractivity contribution in [2.24, 2.45) is 0 Å². The van der Waals surface area contributed by atoms with Gasteiger partial charge >= 0.3 is 0 Å². The number of nitrogens with one attached hydrogen (secondary N) is 1. The fourth-order valence-electron chi connectivity index (χ4n) is 2.40. The van der Waals surface area contributed by atoms with Crippen molar-refractivity contribution < 1.29 is 4.74 Å². The van der Waals surface area contributed by atoms with Gasteiger partial charge in [0.1, 0.15) is 5.75 Å². The molecular formula is C20H27NO. The molecule has 118 valence electrons. The van der Waals surface area contributed by atoms with Crippen LogP contribution >= 0.6 is 0 Å². The van der Waals surface area contributed by atoms with Gasteiger partial charge in [-0.2, -0.15) is 0 Å². The molecule has 2 aromatic carbocycles. The van der Waals surface area contributed by atoms with E-state index >= 15 is 0 Å². The standard InChI is InChI=1S/C20H27NO/c1-2-3-7-15-22-20-12-8-11-19(16-20)17-21-14-13-18-9-5-4-6-10-18/h4-6,8-12,16,21H,2-3,7,13-15,17H2,1H3. The van der Waals surface area contributed by atoms with E-state index in [9.17, 15) is 0 Å². The molecule has 0 saturated heterocycles. The van der Waals surface area contributed by atoms with Gasteiger partial charge < -0.3 is 10.1 Å². The average Bonchev–Trinajstić information content (AvgIpc) is 2.57. The smallest absolute Gasteiger partial charge is 0.119 e. The summed E-state index contributed by atoms with van der Waals surface area (Å²) in [6.45, 7) is 4.91. The summed E-state index contributed by atoms with van der Waals surface area (Å²) in [4.78, 5) is 0. The fourth-order valence-corrected chi connectivity index (χ4v) is 2.40. The summed E-state index contributed by atoms with van der Waals surface area (Å²) in [7, 11) is 0. The molecule has 2 heteroatoms. The van der Waals surface area contributed by atoms with Crippen molar-refractivity contribution in [2.45, 2.75) is 39.2 Å². The van der Waals surface area contributed by atoms with Crippen molar-refractivity contribution >= 4 is 0 Å². The summed E-state index contributed by atoms with van der Waals surface area (Å²) in [6.07, 6.45) is 4.67. The quantitative estimate of drug-likeness (QED) is 0.648. The largest absolute Gasteiger partial charge is 0.494 e. The second-order valence-corrected chi connectivity index (χ2v) is 5.62. The Hall–Kier alpha value is -1.80. The molecule has 1 N–H and O–H groups in total. The van der Waals surface area contributed by atoms with Gasteiger partial charge in [0.25, 0.3) is 0 Å². The molecule has 2 aromatic rings.